The fourth-order valence-corrected chi connectivity index (χ4v) is 3.68. The molecule has 3 rings (SSSR count). The number of hydrogen-bond donors (Lipinski definition) is 2. The SMILES string of the molecule is CCN1CCCC1CNC(N)=NCc1ccc(C)cc1OC1CCOC1. The molecular formula is C20H32N4O2. The van der Waals surface area contributed by atoms with Gasteiger partial charge in [0.25, 0.3) is 0 Å². The Morgan fingerprint density at radius 1 is 1.42 bits per heavy atom. The molecule has 6 nitrogen and oxygen atoms in total. The average Bonchev–Trinajstić information content (AvgIpc) is 3.30. The van der Waals surface area contributed by atoms with Gasteiger partial charge in [-0.25, -0.2) is 4.99 Å². The molecule has 0 bridgehead atoms. The van der Waals surface area contributed by atoms with Crippen molar-refractivity contribution in [1.82, 2.24) is 10.2 Å². The third-order valence-electron chi connectivity index (χ3n) is 5.25. The third kappa shape index (κ3) is 5.11. The molecule has 144 valence electrons. The van der Waals surface area contributed by atoms with Crippen LogP contribution in [0.15, 0.2) is 23.2 Å². The number of aryl methyl sites for hydroxylation is 1. The van der Waals surface area contributed by atoms with Crippen molar-refractivity contribution in [2.75, 3.05) is 32.8 Å². The van der Waals surface area contributed by atoms with E-state index in [0.717, 1.165) is 37.4 Å². The first-order valence-corrected chi connectivity index (χ1v) is 9.77. The Balaban J connectivity index is 1.56. The second-order valence-corrected chi connectivity index (χ2v) is 7.22. The molecule has 0 saturated carbocycles. The van der Waals surface area contributed by atoms with E-state index in [1.54, 1.807) is 0 Å². The minimum absolute atomic E-state index is 0.136. The molecule has 2 saturated heterocycles. The molecule has 1 aromatic rings. The van der Waals surface area contributed by atoms with Gasteiger partial charge in [-0.3, -0.25) is 4.90 Å². The van der Waals surface area contributed by atoms with E-state index in [4.69, 9.17) is 15.2 Å². The van der Waals surface area contributed by atoms with E-state index >= 15 is 0 Å². The molecule has 2 heterocycles. The summed E-state index contributed by atoms with van der Waals surface area (Å²) in [6.07, 6.45) is 3.58. The first-order chi connectivity index (χ1) is 12.7. The van der Waals surface area contributed by atoms with Gasteiger partial charge in [-0.1, -0.05) is 19.1 Å². The van der Waals surface area contributed by atoms with E-state index in [9.17, 15) is 0 Å². The molecule has 2 unspecified atom stereocenters. The van der Waals surface area contributed by atoms with Gasteiger partial charge in [0.2, 0.25) is 0 Å². The first-order valence-electron chi connectivity index (χ1n) is 9.77. The van der Waals surface area contributed by atoms with Crippen LogP contribution in [0.5, 0.6) is 5.75 Å². The maximum absolute atomic E-state index is 6.13. The average molecular weight is 361 g/mol. The maximum Gasteiger partial charge on any atom is 0.188 e. The minimum Gasteiger partial charge on any atom is -0.488 e. The van der Waals surface area contributed by atoms with E-state index in [2.05, 4.69) is 47.3 Å². The van der Waals surface area contributed by atoms with E-state index in [0.29, 0.717) is 25.2 Å². The number of likely N-dealkylation sites (N-methyl/N-ethyl adjacent to an activating group) is 1. The van der Waals surface area contributed by atoms with Crippen molar-refractivity contribution in [3.63, 3.8) is 0 Å². The zero-order valence-corrected chi connectivity index (χ0v) is 16.0. The second kappa shape index (κ2) is 9.24. The summed E-state index contributed by atoms with van der Waals surface area (Å²) in [5.41, 5.74) is 8.33. The summed E-state index contributed by atoms with van der Waals surface area (Å²) in [7, 11) is 0. The lowest BCUT2D eigenvalue weighted by atomic mass is 10.1. The molecule has 2 aliphatic rings. The summed E-state index contributed by atoms with van der Waals surface area (Å²) in [5, 5.41) is 3.29. The zero-order valence-electron chi connectivity index (χ0n) is 16.0. The highest BCUT2D eigenvalue weighted by molar-refractivity contribution is 5.77. The van der Waals surface area contributed by atoms with Crippen molar-refractivity contribution < 1.29 is 9.47 Å². The molecule has 6 heteroatoms. The Kier molecular flexibility index (Phi) is 6.74. The van der Waals surface area contributed by atoms with Crippen LogP contribution in [0.3, 0.4) is 0 Å². The number of ether oxygens (including phenoxy) is 2. The molecule has 0 radical (unpaired) electrons. The van der Waals surface area contributed by atoms with Crippen LogP contribution in [0.1, 0.15) is 37.3 Å². The number of hydrogen-bond acceptors (Lipinski definition) is 4. The number of aliphatic imine (C=N–C) groups is 1. The highest BCUT2D eigenvalue weighted by Gasteiger charge is 2.22. The van der Waals surface area contributed by atoms with Crippen LogP contribution >= 0.6 is 0 Å². The van der Waals surface area contributed by atoms with Crippen LogP contribution in [0, 0.1) is 6.92 Å². The second-order valence-electron chi connectivity index (χ2n) is 7.22. The molecular weight excluding hydrogens is 328 g/mol. The lowest BCUT2D eigenvalue weighted by Gasteiger charge is -2.23. The van der Waals surface area contributed by atoms with Gasteiger partial charge in [0.05, 0.1) is 19.8 Å². The van der Waals surface area contributed by atoms with Crippen LogP contribution in [0.25, 0.3) is 0 Å². The van der Waals surface area contributed by atoms with Crippen molar-refractivity contribution in [1.29, 1.82) is 0 Å². The number of guanidine groups is 1. The van der Waals surface area contributed by atoms with Gasteiger partial charge in [-0.05, 0) is 44.5 Å². The summed E-state index contributed by atoms with van der Waals surface area (Å²) in [6, 6.07) is 6.80. The number of nitrogens with zero attached hydrogens (tertiary/aromatic N) is 2. The molecule has 0 spiro atoms. The van der Waals surface area contributed by atoms with Crippen molar-refractivity contribution in [2.24, 2.45) is 10.7 Å². The quantitative estimate of drug-likeness (QED) is 0.575. The normalized spacial score (nSPS) is 24.2. The Labute approximate surface area is 156 Å². The summed E-state index contributed by atoms with van der Waals surface area (Å²) < 4.78 is 11.5. The minimum atomic E-state index is 0.136. The van der Waals surface area contributed by atoms with Crippen molar-refractivity contribution >= 4 is 5.96 Å². The van der Waals surface area contributed by atoms with Gasteiger partial charge >= 0.3 is 0 Å². The van der Waals surface area contributed by atoms with Crippen LogP contribution in [0.4, 0.5) is 0 Å². The standard InChI is InChI=1S/C20H32N4O2/c1-3-24-9-4-5-17(24)13-23-20(21)22-12-16-7-6-15(2)11-19(16)26-18-8-10-25-14-18/h6-7,11,17-18H,3-5,8-10,12-14H2,1-2H3,(H3,21,22,23). The highest BCUT2D eigenvalue weighted by atomic mass is 16.5. The summed E-state index contributed by atoms with van der Waals surface area (Å²) in [6.45, 7) is 9.38. The van der Waals surface area contributed by atoms with E-state index < -0.39 is 0 Å². The Hall–Kier alpha value is -1.79. The Bertz CT molecular complexity index is 614. The topological polar surface area (TPSA) is 72.1 Å². The Morgan fingerprint density at radius 3 is 3.08 bits per heavy atom. The van der Waals surface area contributed by atoms with Crippen LogP contribution < -0.4 is 15.8 Å². The molecule has 2 aliphatic heterocycles. The van der Waals surface area contributed by atoms with Gasteiger partial charge in [-0.15, -0.1) is 0 Å². The summed E-state index contributed by atoms with van der Waals surface area (Å²) in [4.78, 5) is 7.02. The largest absolute Gasteiger partial charge is 0.488 e. The van der Waals surface area contributed by atoms with E-state index in [1.165, 1.54) is 24.9 Å². The predicted molar refractivity (Wildman–Crippen MR) is 105 cm³/mol. The lowest BCUT2D eigenvalue weighted by molar-refractivity contribution is 0.140. The lowest BCUT2D eigenvalue weighted by Crippen LogP contribution is -2.42. The van der Waals surface area contributed by atoms with Crippen LogP contribution in [-0.4, -0.2) is 55.9 Å². The first kappa shape index (κ1) is 19.0. The molecule has 2 fully saturated rings. The monoisotopic (exact) mass is 360 g/mol. The molecule has 0 aromatic heterocycles. The number of rotatable bonds is 7. The number of nitrogens with one attached hydrogen (secondary N) is 1. The van der Waals surface area contributed by atoms with Crippen molar-refractivity contribution in [2.45, 2.75) is 51.8 Å². The molecule has 3 N–H and O–H groups in total. The molecule has 1 aromatic carbocycles. The predicted octanol–water partition coefficient (Wildman–Crippen LogP) is 2.05. The maximum atomic E-state index is 6.13. The summed E-state index contributed by atoms with van der Waals surface area (Å²) >= 11 is 0. The molecule has 2 atom stereocenters. The van der Waals surface area contributed by atoms with Crippen LogP contribution in [0.2, 0.25) is 0 Å². The molecule has 0 aliphatic carbocycles. The zero-order chi connectivity index (χ0) is 18.4. The Morgan fingerprint density at radius 2 is 2.31 bits per heavy atom. The van der Waals surface area contributed by atoms with E-state index in [-0.39, 0.29) is 6.10 Å². The fraction of sp³-hybridized carbons (Fsp3) is 0.650. The highest BCUT2D eigenvalue weighted by Crippen LogP contribution is 2.24. The molecule has 0 amide bonds. The van der Waals surface area contributed by atoms with Crippen molar-refractivity contribution in [3.05, 3.63) is 29.3 Å². The summed E-state index contributed by atoms with van der Waals surface area (Å²) in [5.74, 6) is 1.40. The molecule has 26 heavy (non-hydrogen) atoms. The van der Waals surface area contributed by atoms with Crippen LogP contribution in [-0.2, 0) is 11.3 Å². The number of benzene rings is 1. The third-order valence-corrected chi connectivity index (χ3v) is 5.25. The van der Waals surface area contributed by atoms with Gasteiger partial charge in [0.15, 0.2) is 5.96 Å². The van der Waals surface area contributed by atoms with Gasteiger partial charge in [-0.2, -0.15) is 0 Å². The number of likely N-dealkylation sites (tertiary alicyclic amines) is 1. The van der Waals surface area contributed by atoms with Gasteiger partial charge in [0, 0.05) is 24.6 Å². The van der Waals surface area contributed by atoms with E-state index in [1.807, 2.05) is 0 Å². The smallest absolute Gasteiger partial charge is 0.188 e. The van der Waals surface area contributed by atoms with Gasteiger partial charge < -0.3 is 20.5 Å². The number of nitrogens with two attached hydrogens (primary N) is 1. The van der Waals surface area contributed by atoms with Gasteiger partial charge in [0.1, 0.15) is 11.9 Å². The fourth-order valence-electron chi connectivity index (χ4n) is 3.68. The van der Waals surface area contributed by atoms with Crippen molar-refractivity contribution in [3.8, 4) is 5.75 Å².